The maximum atomic E-state index is 11.3. The molecular weight excluding hydrogens is 194 g/mol. The van der Waals surface area contributed by atoms with Gasteiger partial charge in [-0.3, -0.25) is 9.89 Å². The molecule has 0 aliphatic heterocycles. The van der Waals surface area contributed by atoms with Crippen LogP contribution in [0.15, 0.2) is 12.4 Å². The van der Waals surface area contributed by atoms with E-state index in [0.717, 1.165) is 12.0 Å². The second-order valence-corrected chi connectivity index (χ2v) is 3.18. The molecule has 0 bridgehead atoms. The van der Waals surface area contributed by atoms with Crippen LogP contribution in [-0.4, -0.2) is 29.3 Å². The Morgan fingerprint density at radius 2 is 2.53 bits per heavy atom. The lowest BCUT2D eigenvalue weighted by atomic mass is 10.3. The number of ether oxygens (including phenoxy) is 1. The highest BCUT2D eigenvalue weighted by molar-refractivity contribution is 5.75. The van der Waals surface area contributed by atoms with Gasteiger partial charge in [-0.05, 0) is 13.3 Å². The van der Waals surface area contributed by atoms with Crippen LogP contribution in [0.3, 0.4) is 0 Å². The smallest absolute Gasteiger partial charge is 0.220 e. The van der Waals surface area contributed by atoms with Gasteiger partial charge in [-0.2, -0.15) is 5.10 Å². The van der Waals surface area contributed by atoms with E-state index in [9.17, 15) is 4.79 Å². The van der Waals surface area contributed by atoms with Crippen molar-refractivity contribution in [1.82, 2.24) is 15.5 Å². The van der Waals surface area contributed by atoms with E-state index in [1.807, 2.05) is 6.92 Å². The van der Waals surface area contributed by atoms with Gasteiger partial charge in [-0.1, -0.05) is 0 Å². The van der Waals surface area contributed by atoms with Gasteiger partial charge < -0.3 is 10.1 Å². The molecule has 1 amide bonds. The van der Waals surface area contributed by atoms with Crippen LogP contribution in [0.25, 0.3) is 0 Å². The van der Waals surface area contributed by atoms with Crippen LogP contribution < -0.4 is 5.32 Å². The third-order valence-electron chi connectivity index (χ3n) is 1.94. The number of rotatable bonds is 7. The summed E-state index contributed by atoms with van der Waals surface area (Å²) in [5.74, 6) is 0.0518. The van der Waals surface area contributed by atoms with Crippen molar-refractivity contribution < 1.29 is 9.53 Å². The largest absolute Gasteiger partial charge is 0.382 e. The summed E-state index contributed by atoms with van der Waals surface area (Å²) >= 11 is 0. The van der Waals surface area contributed by atoms with Gasteiger partial charge in [0.1, 0.15) is 0 Å². The van der Waals surface area contributed by atoms with Crippen molar-refractivity contribution in [3.05, 3.63) is 18.0 Å². The Kier molecular flexibility index (Phi) is 5.47. The molecule has 2 N–H and O–H groups in total. The number of aromatic nitrogens is 2. The van der Waals surface area contributed by atoms with Crippen molar-refractivity contribution in [2.75, 3.05) is 13.2 Å². The van der Waals surface area contributed by atoms with Crippen molar-refractivity contribution in [2.45, 2.75) is 26.3 Å². The molecule has 1 heterocycles. The zero-order valence-electron chi connectivity index (χ0n) is 8.95. The van der Waals surface area contributed by atoms with Crippen molar-refractivity contribution in [2.24, 2.45) is 0 Å². The highest BCUT2D eigenvalue weighted by atomic mass is 16.5. The second kappa shape index (κ2) is 7.00. The van der Waals surface area contributed by atoms with Crippen molar-refractivity contribution >= 4 is 5.91 Å². The van der Waals surface area contributed by atoms with E-state index in [4.69, 9.17) is 4.74 Å². The van der Waals surface area contributed by atoms with Gasteiger partial charge in [0.05, 0.1) is 6.20 Å². The standard InChI is InChI=1S/C10H17N3O2/c1-2-15-5-3-4-10(14)11-6-9-7-12-13-8-9/h7-8H,2-6H2,1H3,(H,11,14)(H,12,13). The molecule has 1 aromatic rings. The molecule has 5 heteroatoms. The summed E-state index contributed by atoms with van der Waals surface area (Å²) in [5.41, 5.74) is 0.980. The lowest BCUT2D eigenvalue weighted by Gasteiger charge is -2.03. The minimum absolute atomic E-state index is 0.0518. The number of aromatic amines is 1. The zero-order valence-corrected chi connectivity index (χ0v) is 8.95. The fourth-order valence-electron chi connectivity index (χ4n) is 1.14. The van der Waals surface area contributed by atoms with E-state index in [0.29, 0.717) is 26.2 Å². The molecule has 15 heavy (non-hydrogen) atoms. The van der Waals surface area contributed by atoms with Crippen LogP contribution >= 0.6 is 0 Å². The summed E-state index contributed by atoms with van der Waals surface area (Å²) in [6, 6.07) is 0. The first-order valence-corrected chi connectivity index (χ1v) is 5.15. The highest BCUT2D eigenvalue weighted by Crippen LogP contribution is 1.94. The Balaban J connectivity index is 2.04. The van der Waals surface area contributed by atoms with Crippen LogP contribution in [0.1, 0.15) is 25.3 Å². The summed E-state index contributed by atoms with van der Waals surface area (Å²) in [6.45, 7) is 3.83. The highest BCUT2D eigenvalue weighted by Gasteiger charge is 2.01. The summed E-state index contributed by atoms with van der Waals surface area (Å²) in [4.78, 5) is 11.3. The second-order valence-electron chi connectivity index (χ2n) is 3.18. The van der Waals surface area contributed by atoms with Gasteiger partial charge >= 0.3 is 0 Å². The Bertz CT molecular complexity index is 272. The van der Waals surface area contributed by atoms with Crippen LogP contribution in [0, 0.1) is 0 Å². The molecule has 0 aliphatic rings. The average Bonchev–Trinajstić information content (AvgIpc) is 2.74. The Morgan fingerprint density at radius 3 is 3.20 bits per heavy atom. The van der Waals surface area contributed by atoms with E-state index in [-0.39, 0.29) is 5.91 Å². The summed E-state index contributed by atoms with van der Waals surface area (Å²) in [5, 5.41) is 9.29. The monoisotopic (exact) mass is 211 g/mol. The Labute approximate surface area is 89.2 Å². The lowest BCUT2D eigenvalue weighted by molar-refractivity contribution is -0.121. The molecule has 1 aromatic heterocycles. The van der Waals surface area contributed by atoms with E-state index in [2.05, 4.69) is 15.5 Å². The van der Waals surface area contributed by atoms with Crippen LogP contribution in [0.4, 0.5) is 0 Å². The molecule has 0 radical (unpaired) electrons. The van der Waals surface area contributed by atoms with E-state index in [1.165, 1.54) is 0 Å². The number of H-pyrrole nitrogens is 1. The van der Waals surface area contributed by atoms with Gasteiger partial charge in [0, 0.05) is 37.9 Å². The number of amides is 1. The Morgan fingerprint density at radius 1 is 1.67 bits per heavy atom. The van der Waals surface area contributed by atoms with Crippen molar-refractivity contribution in [1.29, 1.82) is 0 Å². The van der Waals surface area contributed by atoms with Crippen LogP contribution in [0.5, 0.6) is 0 Å². The van der Waals surface area contributed by atoms with Gasteiger partial charge in [0.2, 0.25) is 5.91 Å². The summed E-state index contributed by atoms with van der Waals surface area (Å²) in [7, 11) is 0. The molecule has 0 unspecified atom stereocenters. The molecule has 5 nitrogen and oxygen atoms in total. The number of nitrogens with zero attached hydrogens (tertiary/aromatic N) is 1. The molecule has 0 saturated carbocycles. The van der Waals surface area contributed by atoms with Gasteiger partial charge in [0.25, 0.3) is 0 Å². The molecule has 0 atom stereocenters. The minimum atomic E-state index is 0.0518. The first kappa shape index (κ1) is 11.7. The fraction of sp³-hybridized carbons (Fsp3) is 0.600. The van der Waals surface area contributed by atoms with E-state index in [1.54, 1.807) is 12.4 Å². The molecule has 0 aliphatic carbocycles. The molecular formula is C10H17N3O2. The molecule has 0 fully saturated rings. The third kappa shape index (κ3) is 5.17. The number of carbonyl (C=O) groups excluding carboxylic acids is 1. The van der Waals surface area contributed by atoms with Crippen LogP contribution in [0.2, 0.25) is 0 Å². The molecule has 84 valence electrons. The molecule has 1 rings (SSSR count). The zero-order chi connectivity index (χ0) is 10.9. The summed E-state index contributed by atoms with van der Waals surface area (Å²) < 4.78 is 5.14. The molecule has 0 spiro atoms. The average molecular weight is 211 g/mol. The Hall–Kier alpha value is -1.36. The normalized spacial score (nSPS) is 10.2. The number of hydrogen-bond acceptors (Lipinski definition) is 3. The minimum Gasteiger partial charge on any atom is -0.382 e. The van der Waals surface area contributed by atoms with Crippen molar-refractivity contribution in [3.63, 3.8) is 0 Å². The quantitative estimate of drug-likeness (QED) is 0.657. The van der Waals surface area contributed by atoms with Gasteiger partial charge in [-0.25, -0.2) is 0 Å². The van der Waals surface area contributed by atoms with E-state index < -0.39 is 0 Å². The summed E-state index contributed by atoms with van der Waals surface area (Å²) in [6.07, 6.45) is 4.74. The first-order valence-electron chi connectivity index (χ1n) is 5.15. The maximum absolute atomic E-state index is 11.3. The number of hydrogen-bond donors (Lipinski definition) is 2. The number of carbonyl (C=O) groups is 1. The first-order chi connectivity index (χ1) is 7.33. The predicted molar refractivity (Wildman–Crippen MR) is 56.2 cm³/mol. The molecule has 0 saturated heterocycles. The number of nitrogens with one attached hydrogen (secondary N) is 2. The molecule has 0 aromatic carbocycles. The van der Waals surface area contributed by atoms with Crippen LogP contribution in [-0.2, 0) is 16.1 Å². The fourth-order valence-corrected chi connectivity index (χ4v) is 1.14. The van der Waals surface area contributed by atoms with Crippen molar-refractivity contribution in [3.8, 4) is 0 Å². The lowest BCUT2D eigenvalue weighted by Crippen LogP contribution is -2.22. The van der Waals surface area contributed by atoms with Gasteiger partial charge in [0.15, 0.2) is 0 Å². The predicted octanol–water partition coefficient (Wildman–Crippen LogP) is 0.843. The SMILES string of the molecule is CCOCCCC(=O)NCc1cn[nH]c1. The third-order valence-corrected chi connectivity index (χ3v) is 1.94. The topological polar surface area (TPSA) is 67.0 Å². The van der Waals surface area contributed by atoms with E-state index >= 15 is 0 Å². The van der Waals surface area contributed by atoms with Gasteiger partial charge in [-0.15, -0.1) is 0 Å². The maximum Gasteiger partial charge on any atom is 0.220 e.